The van der Waals surface area contributed by atoms with Crippen LogP contribution in [0.4, 0.5) is 4.79 Å². The molecular weight excluding hydrogens is 206 g/mol. The molecule has 0 radical (unpaired) electrons. The molecule has 0 saturated heterocycles. The van der Waals surface area contributed by atoms with E-state index in [2.05, 4.69) is 0 Å². The van der Waals surface area contributed by atoms with Crippen molar-refractivity contribution in [1.82, 2.24) is 4.90 Å². The highest BCUT2D eigenvalue weighted by molar-refractivity contribution is 5.68. The SMILES string of the molecule is CCOC(=O)N1CCC=C(C(C)(O)CC)C1. The van der Waals surface area contributed by atoms with Crippen LogP contribution in [0.25, 0.3) is 0 Å². The Bertz CT molecular complexity index is 284. The number of carbonyl (C=O) groups is 1. The fourth-order valence-electron chi connectivity index (χ4n) is 1.73. The van der Waals surface area contributed by atoms with Gasteiger partial charge in [0.15, 0.2) is 0 Å². The van der Waals surface area contributed by atoms with Gasteiger partial charge in [-0.25, -0.2) is 4.79 Å². The molecule has 16 heavy (non-hydrogen) atoms. The maximum atomic E-state index is 11.6. The summed E-state index contributed by atoms with van der Waals surface area (Å²) in [4.78, 5) is 13.2. The molecule has 0 aromatic carbocycles. The number of aliphatic hydroxyl groups is 1. The molecule has 1 atom stereocenters. The maximum absolute atomic E-state index is 11.6. The van der Waals surface area contributed by atoms with Gasteiger partial charge in [-0.05, 0) is 32.3 Å². The van der Waals surface area contributed by atoms with E-state index in [4.69, 9.17) is 4.74 Å². The van der Waals surface area contributed by atoms with Gasteiger partial charge in [0.1, 0.15) is 0 Å². The van der Waals surface area contributed by atoms with Crippen LogP contribution in [0.3, 0.4) is 0 Å². The third kappa shape index (κ3) is 2.98. The van der Waals surface area contributed by atoms with Crippen LogP contribution in [0.15, 0.2) is 11.6 Å². The molecule has 0 aliphatic carbocycles. The van der Waals surface area contributed by atoms with Gasteiger partial charge < -0.3 is 14.7 Å². The van der Waals surface area contributed by atoms with Crippen molar-refractivity contribution in [2.45, 2.75) is 39.2 Å². The van der Waals surface area contributed by atoms with E-state index in [9.17, 15) is 9.90 Å². The average Bonchev–Trinajstić information content (AvgIpc) is 2.29. The predicted octanol–water partition coefficient (Wildman–Crippen LogP) is 1.94. The Hall–Kier alpha value is -1.03. The molecule has 1 N–H and O–H groups in total. The number of rotatable bonds is 3. The van der Waals surface area contributed by atoms with Gasteiger partial charge in [-0.1, -0.05) is 13.0 Å². The Morgan fingerprint density at radius 1 is 1.62 bits per heavy atom. The monoisotopic (exact) mass is 227 g/mol. The van der Waals surface area contributed by atoms with Crippen LogP contribution in [0.2, 0.25) is 0 Å². The first-order valence-electron chi connectivity index (χ1n) is 5.84. The fraction of sp³-hybridized carbons (Fsp3) is 0.750. The van der Waals surface area contributed by atoms with E-state index in [1.807, 2.05) is 13.0 Å². The summed E-state index contributed by atoms with van der Waals surface area (Å²) in [7, 11) is 0. The highest BCUT2D eigenvalue weighted by Gasteiger charge is 2.29. The van der Waals surface area contributed by atoms with Gasteiger partial charge in [-0.3, -0.25) is 0 Å². The largest absolute Gasteiger partial charge is 0.450 e. The molecule has 1 heterocycles. The third-order valence-electron chi connectivity index (χ3n) is 3.06. The number of hydrogen-bond donors (Lipinski definition) is 1. The number of amides is 1. The van der Waals surface area contributed by atoms with E-state index in [1.54, 1.807) is 18.7 Å². The van der Waals surface area contributed by atoms with Crippen LogP contribution < -0.4 is 0 Å². The lowest BCUT2D eigenvalue weighted by molar-refractivity contribution is 0.0734. The summed E-state index contributed by atoms with van der Waals surface area (Å²) in [6.45, 7) is 7.04. The van der Waals surface area contributed by atoms with Crippen LogP contribution in [0, 0.1) is 0 Å². The molecule has 0 fully saturated rings. The zero-order chi connectivity index (χ0) is 12.2. The first-order valence-corrected chi connectivity index (χ1v) is 5.84. The molecule has 92 valence electrons. The maximum Gasteiger partial charge on any atom is 0.410 e. The topological polar surface area (TPSA) is 49.8 Å². The Morgan fingerprint density at radius 2 is 2.31 bits per heavy atom. The normalized spacial score (nSPS) is 20.0. The summed E-state index contributed by atoms with van der Waals surface area (Å²) >= 11 is 0. The zero-order valence-corrected chi connectivity index (χ0v) is 10.3. The van der Waals surface area contributed by atoms with E-state index in [0.29, 0.717) is 26.1 Å². The lowest BCUT2D eigenvalue weighted by atomic mass is 9.90. The summed E-state index contributed by atoms with van der Waals surface area (Å²) in [6.07, 6.45) is 3.17. The number of hydrogen-bond acceptors (Lipinski definition) is 3. The Balaban J connectivity index is 2.66. The molecule has 4 nitrogen and oxygen atoms in total. The first kappa shape index (κ1) is 13.0. The summed E-state index contributed by atoms with van der Waals surface area (Å²) in [5.41, 5.74) is 0.0971. The smallest absolute Gasteiger partial charge is 0.410 e. The van der Waals surface area contributed by atoms with Crippen molar-refractivity contribution in [1.29, 1.82) is 0 Å². The quantitative estimate of drug-likeness (QED) is 0.749. The van der Waals surface area contributed by atoms with Crippen LogP contribution in [-0.4, -0.2) is 41.4 Å². The predicted molar refractivity (Wildman–Crippen MR) is 62.2 cm³/mol. The van der Waals surface area contributed by atoms with Crippen LogP contribution in [0.1, 0.15) is 33.6 Å². The second-order valence-electron chi connectivity index (χ2n) is 4.27. The third-order valence-corrected chi connectivity index (χ3v) is 3.06. The summed E-state index contributed by atoms with van der Waals surface area (Å²) in [6, 6.07) is 0. The number of carbonyl (C=O) groups excluding carboxylic acids is 1. The van der Waals surface area contributed by atoms with Crippen LogP contribution in [-0.2, 0) is 4.74 Å². The zero-order valence-electron chi connectivity index (χ0n) is 10.3. The standard InChI is InChI=1S/C12H21NO3/c1-4-12(3,15)10-7-6-8-13(9-10)11(14)16-5-2/h7,15H,4-6,8-9H2,1-3H3. The number of nitrogens with zero attached hydrogens (tertiary/aromatic N) is 1. The van der Waals surface area contributed by atoms with E-state index >= 15 is 0 Å². The van der Waals surface area contributed by atoms with E-state index in [0.717, 1.165) is 12.0 Å². The summed E-state index contributed by atoms with van der Waals surface area (Å²) in [5.74, 6) is 0. The van der Waals surface area contributed by atoms with Gasteiger partial charge in [-0.2, -0.15) is 0 Å². The van der Waals surface area contributed by atoms with Gasteiger partial charge in [0.05, 0.1) is 12.2 Å². The second-order valence-corrected chi connectivity index (χ2v) is 4.27. The molecule has 1 aliphatic rings. The Kier molecular flexibility index (Phi) is 4.35. The molecule has 0 aromatic heterocycles. The van der Waals surface area contributed by atoms with Crippen molar-refractivity contribution < 1.29 is 14.6 Å². The lowest BCUT2D eigenvalue weighted by Gasteiger charge is -2.33. The molecule has 4 heteroatoms. The molecular formula is C12H21NO3. The molecule has 0 saturated carbocycles. The van der Waals surface area contributed by atoms with E-state index < -0.39 is 5.60 Å². The molecule has 0 spiro atoms. The van der Waals surface area contributed by atoms with Crippen molar-refractivity contribution >= 4 is 6.09 Å². The van der Waals surface area contributed by atoms with Crippen molar-refractivity contribution in [3.63, 3.8) is 0 Å². The molecule has 1 unspecified atom stereocenters. The molecule has 1 aliphatic heterocycles. The van der Waals surface area contributed by atoms with Gasteiger partial charge in [0, 0.05) is 13.1 Å². The van der Waals surface area contributed by atoms with Crippen LogP contribution >= 0.6 is 0 Å². The summed E-state index contributed by atoms with van der Waals surface area (Å²) in [5, 5.41) is 10.1. The highest BCUT2D eigenvalue weighted by Crippen LogP contribution is 2.24. The van der Waals surface area contributed by atoms with Crippen LogP contribution in [0.5, 0.6) is 0 Å². The van der Waals surface area contributed by atoms with E-state index in [1.165, 1.54) is 0 Å². The lowest BCUT2D eigenvalue weighted by Crippen LogP contribution is -2.41. The van der Waals surface area contributed by atoms with Crippen molar-refractivity contribution in [3.05, 3.63) is 11.6 Å². The molecule has 1 amide bonds. The summed E-state index contributed by atoms with van der Waals surface area (Å²) < 4.78 is 4.95. The Morgan fingerprint density at radius 3 is 2.88 bits per heavy atom. The minimum atomic E-state index is -0.814. The van der Waals surface area contributed by atoms with Crippen molar-refractivity contribution in [2.24, 2.45) is 0 Å². The fourth-order valence-corrected chi connectivity index (χ4v) is 1.73. The van der Waals surface area contributed by atoms with Crippen molar-refractivity contribution in [2.75, 3.05) is 19.7 Å². The molecule has 1 rings (SSSR count). The van der Waals surface area contributed by atoms with Gasteiger partial charge in [0.25, 0.3) is 0 Å². The van der Waals surface area contributed by atoms with Gasteiger partial charge >= 0.3 is 6.09 Å². The van der Waals surface area contributed by atoms with Gasteiger partial charge in [-0.15, -0.1) is 0 Å². The minimum Gasteiger partial charge on any atom is -0.450 e. The minimum absolute atomic E-state index is 0.292. The molecule has 0 aromatic rings. The highest BCUT2D eigenvalue weighted by atomic mass is 16.6. The second kappa shape index (κ2) is 5.34. The first-order chi connectivity index (χ1) is 7.51. The number of ether oxygens (including phenoxy) is 1. The van der Waals surface area contributed by atoms with E-state index in [-0.39, 0.29) is 6.09 Å². The average molecular weight is 227 g/mol. The molecule has 0 bridgehead atoms. The van der Waals surface area contributed by atoms with Gasteiger partial charge in [0.2, 0.25) is 0 Å². The Labute approximate surface area is 96.9 Å². The van der Waals surface area contributed by atoms with Crippen molar-refractivity contribution in [3.8, 4) is 0 Å².